The second kappa shape index (κ2) is 5.99. The van der Waals surface area contributed by atoms with Gasteiger partial charge in [-0.3, -0.25) is 4.79 Å². The molecule has 2 aromatic rings. The summed E-state index contributed by atoms with van der Waals surface area (Å²) in [4.78, 5) is 14.7. The quantitative estimate of drug-likeness (QED) is 0.755. The van der Waals surface area contributed by atoms with Crippen LogP contribution in [0.1, 0.15) is 15.2 Å². The minimum atomic E-state index is 0.0388. The van der Waals surface area contributed by atoms with Crippen LogP contribution >= 0.6 is 43.2 Å². The van der Waals surface area contributed by atoms with Gasteiger partial charge in [0.15, 0.2) is 0 Å². The Bertz CT molecular complexity index is 568. The maximum Gasteiger partial charge on any atom is 0.265 e. The number of nitrogens with zero attached hydrogens (tertiary/aromatic N) is 1. The predicted molar refractivity (Wildman–Crippen MR) is 82.0 cm³/mol. The van der Waals surface area contributed by atoms with Crippen LogP contribution in [-0.4, -0.2) is 17.9 Å². The molecule has 0 unspecified atom stereocenters. The predicted octanol–water partition coefficient (Wildman–Crippen LogP) is 4.55. The fraction of sp³-hybridized carbons (Fsp3) is 0.154. The highest BCUT2D eigenvalue weighted by atomic mass is 79.9. The Morgan fingerprint density at radius 2 is 2.11 bits per heavy atom. The number of hydrogen-bond donors (Lipinski definition) is 0. The topological polar surface area (TPSA) is 20.3 Å². The first-order valence-corrected chi connectivity index (χ1v) is 7.77. The molecule has 0 bridgehead atoms. The SMILES string of the molecule is CN(Cc1cccc(Br)c1)C(=O)c1sccc1Br. The third-order valence-corrected chi connectivity index (χ3v) is 4.79. The van der Waals surface area contributed by atoms with Crippen molar-refractivity contribution in [1.82, 2.24) is 4.90 Å². The van der Waals surface area contributed by atoms with E-state index in [1.807, 2.05) is 42.8 Å². The largest absolute Gasteiger partial charge is 0.337 e. The van der Waals surface area contributed by atoms with Gasteiger partial charge in [0.05, 0.1) is 0 Å². The second-order valence-corrected chi connectivity index (χ2v) is 6.57. The fourth-order valence-corrected chi connectivity index (χ4v) is 3.58. The molecule has 1 aromatic heterocycles. The van der Waals surface area contributed by atoms with Gasteiger partial charge in [-0.05, 0) is 45.1 Å². The summed E-state index contributed by atoms with van der Waals surface area (Å²) in [6.07, 6.45) is 0. The third-order valence-electron chi connectivity index (χ3n) is 2.47. The van der Waals surface area contributed by atoms with Gasteiger partial charge < -0.3 is 4.90 Å². The minimum Gasteiger partial charge on any atom is -0.337 e. The first-order chi connectivity index (χ1) is 8.58. The lowest BCUT2D eigenvalue weighted by Gasteiger charge is -2.16. The maximum absolute atomic E-state index is 12.2. The van der Waals surface area contributed by atoms with E-state index in [0.29, 0.717) is 6.54 Å². The molecule has 94 valence electrons. The summed E-state index contributed by atoms with van der Waals surface area (Å²) < 4.78 is 1.89. The molecule has 0 saturated heterocycles. The molecule has 2 nitrogen and oxygen atoms in total. The van der Waals surface area contributed by atoms with Crippen LogP contribution in [-0.2, 0) is 6.54 Å². The molecule has 5 heteroatoms. The molecule has 0 saturated carbocycles. The average Bonchev–Trinajstić information content (AvgIpc) is 2.74. The van der Waals surface area contributed by atoms with Gasteiger partial charge in [0.25, 0.3) is 5.91 Å². The maximum atomic E-state index is 12.2. The molecule has 1 heterocycles. The summed E-state index contributed by atoms with van der Waals surface area (Å²) in [6, 6.07) is 9.87. The van der Waals surface area contributed by atoms with E-state index in [-0.39, 0.29) is 5.91 Å². The van der Waals surface area contributed by atoms with Crippen LogP contribution in [0.15, 0.2) is 44.7 Å². The molecule has 1 amide bonds. The van der Waals surface area contributed by atoms with Crippen LogP contribution in [0.4, 0.5) is 0 Å². The Balaban J connectivity index is 2.11. The van der Waals surface area contributed by atoms with Gasteiger partial charge in [-0.25, -0.2) is 0 Å². The van der Waals surface area contributed by atoms with Crippen molar-refractivity contribution in [1.29, 1.82) is 0 Å². The molecule has 0 radical (unpaired) electrons. The van der Waals surface area contributed by atoms with Gasteiger partial charge in [-0.15, -0.1) is 11.3 Å². The molecule has 0 aliphatic rings. The molecule has 0 aliphatic carbocycles. The first kappa shape index (κ1) is 13.8. The highest BCUT2D eigenvalue weighted by molar-refractivity contribution is 9.10. The van der Waals surface area contributed by atoms with Crippen molar-refractivity contribution in [2.75, 3.05) is 7.05 Å². The van der Waals surface area contributed by atoms with Crippen LogP contribution in [0.3, 0.4) is 0 Å². The normalized spacial score (nSPS) is 10.4. The van der Waals surface area contributed by atoms with Crippen LogP contribution in [0.5, 0.6) is 0 Å². The average molecular weight is 389 g/mol. The number of thiophene rings is 1. The van der Waals surface area contributed by atoms with Crippen LogP contribution in [0.25, 0.3) is 0 Å². The smallest absolute Gasteiger partial charge is 0.265 e. The van der Waals surface area contributed by atoms with E-state index in [0.717, 1.165) is 19.4 Å². The molecule has 0 aliphatic heterocycles. The number of halogens is 2. The number of amides is 1. The zero-order valence-corrected chi connectivity index (χ0v) is 13.7. The lowest BCUT2D eigenvalue weighted by atomic mass is 10.2. The molecule has 0 N–H and O–H groups in total. The van der Waals surface area contributed by atoms with Crippen molar-refractivity contribution < 1.29 is 4.79 Å². The monoisotopic (exact) mass is 387 g/mol. The summed E-state index contributed by atoms with van der Waals surface area (Å²) in [5.74, 6) is 0.0388. The van der Waals surface area contributed by atoms with Crippen molar-refractivity contribution in [2.45, 2.75) is 6.54 Å². The van der Waals surface area contributed by atoms with E-state index in [4.69, 9.17) is 0 Å². The number of rotatable bonds is 3. The lowest BCUT2D eigenvalue weighted by Crippen LogP contribution is -2.25. The van der Waals surface area contributed by atoms with E-state index in [1.165, 1.54) is 11.3 Å². The number of carbonyl (C=O) groups excluding carboxylic acids is 1. The zero-order chi connectivity index (χ0) is 13.1. The molecular weight excluding hydrogens is 378 g/mol. The van der Waals surface area contributed by atoms with E-state index in [2.05, 4.69) is 31.9 Å². The van der Waals surface area contributed by atoms with E-state index < -0.39 is 0 Å². The fourth-order valence-electron chi connectivity index (χ4n) is 1.60. The van der Waals surface area contributed by atoms with E-state index in [1.54, 1.807) is 4.90 Å². The highest BCUT2D eigenvalue weighted by Gasteiger charge is 2.16. The van der Waals surface area contributed by atoms with Crippen molar-refractivity contribution >= 4 is 49.1 Å². The minimum absolute atomic E-state index is 0.0388. The number of benzene rings is 1. The standard InChI is InChI=1S/C13H11Br2NOS/c1-16(8-9-3-2-4-10(14)7-9)13(17)12-11(15)5-6-18-12/h2-7H,8H2,1H3. The molecule has 0 spiro atoms. The zero-order valence-electron chi connectivity index (χ0n) is 9.69. The van der Waals surface area contributed by atoms with Crippen LogP contribution < -0.4 is 0 Å². The molecular formula is C13H11Br2NOS. The third kappa shape index (κ3) is 3.22. The summed E-state index contributed by atoms with van der Waals surface area (Å²) in [7, 11) is 1.81. The van der Waals surface area contributed by atoms with E-state index >= 15 is 0 Å². The Morgan fingerprint density at radius 3 is 2.72 bits per heavy atom. The molecule has 18 heavy (non-hydrogen) atoms. The molecule has 0 atom stereocenters. The second-order valence-electron chi connectivity index (χ2n) is 3.89. The lowest BCUT2D eigenvalue weighted by molar-refractivity contribution is 0.0789. The van der Waals surface area contributed by atoms with Crippen molar-refractivity contribution in [2.24, 2.45) is 0 Å². The van der Waals surface area contributed by atoms with Gasteiger partial charge in [0, 0.05) is 22.5 Å². The summed E-state index contributed by atoms with van der Waals surface area (Å²) >= 11 is 8.27. The van der Waals surface area contributed by atoms with Crippen molar-refractivity contribution in [3.63, 3.8) is 0 Å². The molecule has 0 fully saturated rings. The number of carbonyl (C=O) groups is 1. The molecule has 1 aromatic carbocycles. The van der Waals surface area contributed by atoms with Gasteiger partial charge in [0.1, 0.15) is 4.88 Å². The summed E-state index contributed by atoms with van der Waals surface area (Å²) in [6.45, 7) is 0.600. The Labute approximate surface area is 127 Å². The Hall–Kier alpha value is -0.650. The summed E-state index contributed by atoms with van der Waals surface area (Å²) in [5.41, 5.74) is 1.10. The van der Waals surface area contributed by atoms with Gasteiger partial charge in [0.2, 0.25) is 0 Å². The Morgan fingerprint density at radius 1 is 1.33 bits per heavy atom. The van der Waals surface area contributed by atoms with Crippen molar-refractivity contribution in [3.8, 4) is 0 Å². The highest BCUT2D eigenvalue weighted by Crippen LogP contribution is 2.24. The molecule has 2 rings (SSSR count). The number of hydrogen-bond acceptors (Lipinski definition) is 2. The van der Waals surface area contributed by atoms with Crippen molar-refractivity contribution in [3.05, 3.63) is 55.1 Å². The van der Waals surface area contributed by atoms with Crippen LogP contribution in [0, 0.1) is 0 Å². The Kier molecular flexibility index (Phi) is 4.59. The van der Waals surface area contributed by atoms with Gasteiger partial charge in [-0.2, -0.15) is 0 Å². The summed E-state index contributed by atoms with van der Waals surface area (Å²) in [5, 5.41) is 1.91. The van der Waals surface area contributed by atoms with Gasteiger partial charge in [-0.1, -0.05) is 28.1 Å². The first-order valence-electron chi connectivity index (χ1n) is 5.31. The van der Waals surface area contributed by atoms with Crippen LogP contribution in [0.2, 0.25) is 0 Å². The van der Waals surface area contributed by atoms with Gasteiger partial charge >= 0.3 is 0 Å². The van der Waals surface area contributed by atoms with E-state index in [9.17, 15) is 4.79 Å².